The molecule has 2 aliphatic heterocycles. The highest BCUT2D eigenvalue weighted by molar-refractivity contribution is 5.98. The van der Waals surface area contributed by atoms with Crippen molar-refractivity contribution in [3.63, 3.8) is 0 Å². The van der Waals surface area contributed by atoms with Gasteiger partial charge >= 0.3 is 0 Å². The average molecular weight is 708 g/mol. The molecule has 11 amide bonds. The van der Waals surface area contributed by atoms with Crippen molar-refractivity contribution in [2.45, 2.75) is 43.7 Å². The molecule has 0 aromatic rings. The summed E-state index contributed by atoms with van der Waals surface area (Å²) in [6.45, 7) is -3.89. The van der Waals surface area contributed by atoms with Crippen molar-refractivity contribution in [1.29, 1.82) is 0 Å². The first-order chi connectivity index (χ1) is 23.8. The van der Waals surface area contributed by atoms with Crippen molar-refractivity contribution in [1.82, 2.24) is 58.1 Å². The van der Waals surface area contributed by atoms with Crippen molar-refractivity contribution in [3.05, 3.63) is 0 Å². The summed E-state index contributed by atoms with van der Waals surface area (Å²) in [6.07, 6.45) is 1.25. The number of carbonyl (C=O) groups is 11. The Bertz CT molecular complexity index is 1400. The van der Waals surface area contributed by atoms with Crippen LogP contribution in [0.1, 0.15) is 32.1 Å². The number of hydrogen-bond donors (Lipinski definition) is 10. The van der Waals surface area contributed by atoms with Crippen LogP contribution in [0.5, 0.6) is 0 Å². The van der Waals surface area contributed by atoms with Gasteiger partial charge in [0, 0.05) is 19.5 Å². The fraction of sp³-hybridized carbons (Fsp3) is 0.607. The maximum Gasteiger partial charge on any atom is 0.246 e. The Balaban J connectivity index is 1.54. The van der Waals surface area contributed by atoms with E-state index >= 15 is 0 Å². The van der Waals surface area contributed by atoms with Crippen LogP contribution in [0, 0.1) is 0 Å². The van der Waals surface area contributed by atoms with Gasteiger partial charge in [-0.3, -0.25) is 52.7 Å². The Kier molecular flexibility index (Phi) is 14.4. The molecule has 10 N–H and O–H groups in total. The Hall–Kier alpha value is -5.83. The predicted molar refractivity (Wildman–Crippen MR) is 167 cm³/mol. The fourth-order valence-electron chi connectivity index (χ4n) is 4.71. The molecule has 274 valence electrons. The molecule has 0 aromatic heterocycles. The smallest absolute Gasteiger partial charge is 0.246 e. The summed E-state index contributed by atoms with van der Waals surface area (Å²) in [4.78, 5) is 136. The third-order valence-electron chi connectivity index (χ3n) is 7.62. The zero-order valence-electron chi connectivity index (χ0n) is 27.1. The molecule has 0 aromatic carbocycles. The number of amides is 11. The second-order valence-corrected chi connectivity index (χ2v) is 11.5. The lowest BCUT2D eigenvalue weighted by Gasteiger charge is -2.26. The minimum absolute atomic E-state index is 0.114. The van der Waals surface area contributed by atoms with E-state index in [0.717, 1.165) is 0 Å². The van der Waals surface area contributed by atoms with Gasteiger partial charge in [0.2, 0.25) is 65.0 Å². The Morgan fingerprint density at radius 2 is 0.880 bits per heavy atom. The third-order valence-corrected chi connectivity index (χ3v) is 7.62. The summed E-state index contributed by atoms with van der Waals surface area (Å²) in [5.74, 6) is -7.32. The number of hydrogen-bond acceptors (Lipinski definition) is 11. The highest BCUT2D eigenvalue weighted by Crippen LogP contribution is 2.36. The highest BCUT2D eigenvalue weighted by Gasteiger charge is 2.52. The van der Waals surface area contributed by atoms with Gasteiger partial charge in [0.1, 0.15) is 11.6 Å². The lowest BCUT2D eigenvalue weighted by atomic mass is 10.1. The van der Waals surface area contributed by atoms with Crippen LogP contribution in [-0.2, 0) is 52.7 Å². The van der Waals surface area contributed by atoms with E-state index in [9.17, 15) is 52.7 Å². The molecule has 50 heavy (non-hydrogen) atoms. The lowest BCUT2D eigenvalue weighted by molar-refractivity contribution is -0.140. The summed E-state index contributed by atoms with van der Waals surface area (Å²) in [7, 11) is 0. The van der Waals surface area contributed by atoms with Crippen LogP contribution in [0.4, 0.5) is 0 Å². The van der Waals surface area contributed by atoms with Crippen LogP contribution < -0.4 is 53.2 Å². The molecule has 1 spiro atoms. The maximum atomic E-state index is 13.1. The van der Waals surface area contributed by atoms with E-state index in [1.807, 2.05) is 0 Å². The van der Waals surface area contributed by atoms with Gasteiger partial charge in [-0.05, 0) is 25.7 Å². The van der Waals surface area contributed by atoms with Gasteiger partial charge in [0.25, 0.3) is 0 Å². The summed E-state index contributed by atoms with van der Waals surface area (Å²) >= 11 is 0. The molecule has 22 heteroatoms. The largest absolute Gasteiger partial charge is 0.354 e. The summed E-state index contributed by atoms with van der Waals surface area (Å²) in [6, 6.07) is -0.889. The maximum absolute atomic E-state index is 13.1. The van der Waals surface area contributed by atoms with Crippen LogP contribution in [0.25, 0.3) is 0 Å². The van der Waals surface area contributed by atoms with Gasteiger partial charge in [0.15, 0.2) is 0 Å². The molecule has 3 fully saturated rings. The van der Waals surface area contributed by atoms with Crippen LogP contribution in [0.15, 0.2) is 0 Å². The monoisotopic (exact) mass is 707 g/mol. The zero-order chi connectivity index (χ0) is 36.7. The standard InChI is InChI=1S/C28H41N11O11/c40-17-3-6-29-18(41)14-37-27(50)28(4-5-28)38-26(49)16-2-1-7-39(16)25(48)15-36-24(47)13-35-23(46)12-34-22(45)11-33-21(44)10-32-20(43)9-31-19(42)8-30-17/h16H,1-15H2,(H,29,41)(H,30,40)(H,31,42)(H,32,43)(H,33,44)(H,34,45)(H,35,46)(H,36,47)(H,37,50)(H,38,49). The quantitative estimate of drug-likeness (QED) is 0.113. The first-order valence-corrected chi connectivity index (χ1v) is 15.8. The normalized spacial score (nSPS) is 23.6. The van der Waals surface area contributed by atoms with Crippen molar-refractivity contribution < 1.29 is 52.7 Å². The van der Waals surface area contributed by atoms with E-state index in [4.69, 9.17) is 0 Å². The molecule has 3 aliphatic rings. The van der Waals surface area contributed by atoms with E-state index in [-0.39, 0.29) is 19.5 Å². The van der Waals surface area contributed by atoms with Crippen molar-refractivity contribution in [3.8, 4) is 0 Å². The van der Waals surface area contributed by atoms with E-state index in [1.54, 1.807) is 0 Å². The van der Waals surface area contributed by atoms with Gasteiger partial charge in [-0.15, -0.1) is 0 Å². The van der Waals surface area contributed by atoms with E-state index in [1.165, 1.54) is 4.90 Å². The highest BCUT2D eigenvalue weighted by atomic mass is 16.2. The van der Waals surface area contributed by atoms with Crippen LogP contribution in [0.2, 0.25) is 0 Å². The first kappa shape index (κ1) is 38.6. The topological polar surface area (TPSA) is 311 Å². The molecule has 2 heterocycles. The second kappa shape index (κ2) is 18.6. The number of nitrogens with zero attached hydrogens (tertiary/aromatic N) is 1. The zero-order valence-corrected chi connectivity index (χ0v) is 27.1. The lowest BCUT2D eigenvalue weighted by Crippen LogP contribution is -2.56. The van der Waals surface area contributed by atoms with Crippen LogP contribution in [0.3, 0.4) is 0 Å². The molecule has 1 aliphatic carbocycles. The molecule has 1 saturated carbocycles. The average Bonchev–Trinajstić information content (AvgIpc) is 3.70. The number of nitrogens with one attached hydrogen (secondary N) is 10. The van der Waals surface area contributed by atoms with Crippen molar-refractivity contribution >= 4 is 65.0 Å². The van der Waals surface area contributed by atoms with Gasteiger partial charge in [-0.2, -0.15) is 0 Å². The molecular weight excluding hydrogens is 666 g/mol. The van der Waals surface area contributed by atoms with Crippen LogP contribution >= 0.6 is 0 Å². The summed E-state index contributed by atoms with van der Waals surface area (Å²) < 4.78 is 0. The van der Waals surface area contributed by atoms with Gasteiger partial charge in [-0.25, -0.2) is 0 Å². The molecule has 1 unspecified atom stereocenters. The van der Waals surface area contributed by atoms with Gasteiger partial charge in [-0.1, -0.05) is 0 Å². The van der Waals surface area contributed by atoms with Gasteiger partial charge in [0.05, 0.1) is 52.4 Å². The molecule has 0 bridgehead atoms. The van der Waals surface area contributed by atoms with E-state index in [2.05, 4.69) is 53.2 Å². The van der Waals surface area contributed by atoms with Crippen LogP contribution in [-0.4, -0.2) is 147 Å². The Labute approximate surface area is 285 Å². The number of fused-ring (bicyclic) bond motifs is 1. The fourth-order valence-corrected chi connectivity index (χ4v) is 4.71. The minimum atomic E-state index is -1.24. The Morgan fingerprint density at radius 1 is 0.480 bits per heavy atom. The molecule has 0 radical (unpaired) electrons. The third kappa shape index (κ3) is 13.0. The Morgan fingerprint density at radius 3 is 1.34 bits per heavy atom. The number of rotatable bonds is 0. The first-order valence-electron chi connectivity index (χ1n) is 15.8. The minimum Gasteiger partial charge on any atom is -0.354 e. The summed E-state index contributed by atoms with van der Waals surface area (Å²) in [5, 5.41) is 23.4. The second-order valence-electron chi connectivity index (χ2n) is 11.5. The predicted octanol–water partition coefficient (Wildman–Crippen LogP) is -7.92. The SMILES string of the molecule is O=C1CCNC(=O)CNC(=O)C2(CC2)NC(=O)C2CCCN2C(=O)CNC(=O)CNC(=O)CNC(=O)CNC(=O)CNC(=O)CNC(=O)CN1. The molecule has 1 atom stereocenters. The molecular formula is C28H41N11O11. The molecule has 2 saturated heterocycles. The van der Waals surface area contributed by atoms with E-state index < -0.39 is 129 Å². The molecule has 22 nitrogen and oxygen atoms in total. The summed E-state index contributed by atoms with van der Waals surface area (Å²) in [5.41, 5.74) is -1.24. The van der Waals surface area contributed by atoms with Gasteiger partial charge < -0.3 is 58.1 Å². The van der Waals surface area contributed by atoms with Crippen molar-refractivity contribution in [2.75, 3.05) is 65.4 Å². The number of carbonyl (C=O) groups excluding carboxylic acids is 11. The molecule has 3 rings (SSSR count). The van der Waals surface area contributed by atoms with E-state index in [0.29, 0.717) is 25.7 Å². The van der Waals surface area contributed by atoms with Crippen molar-refractivity contribution in [2.24, 2.45) is 0 Å².